The molecule has 9 heteroatoms. The molecule has 5 N–H and O–H groups in total. The van der Waals surface area contributed by atoms with Crippen LogP contribution in [-0.4, -0.2) is 69.8 Å². The highest BCUT2D eigenvalue weighted by Gasteiger charge is 2.45. The number of anilines is 1. The number of hydrogen-bond acceptors (Lipinski definition) is 9. The van der Waals surface area contributed by atoms with Crippen LogP contribution in [0.15, 0.2) is 64.2 Å². The minimum atomic E-state index is -1.05. The van der Waals surface area contributed by atoms with E-state index in [4.69, 9.17) is 10.5 Å². The van der Waals surface area contributed by atoms with Crippen LogP contribution in [-0.2, 0) is 0 Å². The topological polar surface area (TPSA) is 129 Å². The predicted molar refractivity (Wildman–Crippen MR) is 124 cm³/mol. The van der Waals surface area contributed by atoms with Gasteiger partial charge in [-0.15, -0.1) is 0 Å². The second kappa shape index (κ2) is 7.92. The zero-order valence-corrected chi connectivity index (χ0v) is 17.8. The molecule has 1 aromatic heterocycles. The number of aliphatic hydroxyl groups is 2. The van der Waals surface area contributed by atoms with Crippen LogP contribution >= 0.6 is 0 Å². The van der Waals surface area contributed by atoms with Gasteiger partial charge in [0.15, 0.2) is 0 Å². The summed E-state index contributed by atoms with van der Waals surface area (Å²) in [6.07, 6.45) is 4.31. The summed E-state index contributed by atoms with van der Waals surface area (Å²) in [5, 5.41) is 25.6. The number of pyridine rings is 1. The predicted octanol–water partition coefficient (Wildman–Crippen LogP) is 1.24. The number of nitrogens with zero attached hydrogens (tertiary/aromatic N) is 4. The molecule has 9 nitrogen and oxygen atoms in total. The lowest BCUT2D eigenvalue weighted by Crippen LogP contribution is -2.48. The van der Waals surface area contributed by atoms with E-state index in [0.29, 0.717) is 17.2 Å². The maximum absolute atomic E-state index is 10.8. The van der Waals surface area contributed by atoms with Crippen molar-refractivity contribution in [2.75, 3.05) is 12.4 Å². The molecule has 32 heavy (non-hydrogen) atoms. The Bertz CT molecular complexity index is 1160. The van der Waals surface area contributed by atoms with E-state index in [-0.39, 0.29) is 12.1 Å². The Labute approximate surface area is 185 Å². The van der Waals surface area contributed by atoms with E-state index in [0.717, 1.165) is 16.7 Å². The number of aliphatic hydroxyl groups excluding tert-OH is 2. The highest BCUT2D eigenvalue weighted by atomic mass is 16.5. The maximum atomic E-state index is 10.8. The lowest BCUT2D eigenvalue weighted by Gasteiger charge is -2.33. The number of nitrogens with one attached hydrogen (secondary N) is 1. The summed E-state index contributed by atoms with van der Waals surface area (Å²) in [6, 6.07) is 9.16. The van der Waals surface area contributed by atoms with Crippen LogP contribution in [0.25, 0.3) is 10.9 Å². The van der Waals surface area contributed by atoms with E-state index >= 15 is 0 Å². The molecule has 3 unspecified atom stereocenters. The molecule has 0 amide bonds. The van der Waals surface area contributed by atoms with Gasteiger partial charge in [-0.3, -0.25) is 0 Å². The fourth-order valence-corrected chi connectivity index (χ4v) is 4.51. The van der Waals surface area contributed by atoms with Gasteiger partial charge in [0, 0.05) is 18.5 Å². The molecule has 0 bridgehead atoms. The van der Waals surface area contributed by atoms with Crippen molar-refractivity contribution in [3.8, 4) is 5.75 Å². The molecule has 0 radical (unpaired) electrons. The van der Waals surface area contributed by atoms with E-state index < -0.39 is 24.4 Å². The van der Waals surface area contributed by atoms with Gasteiger partial charge in [-0.25, -0.2) is 15.0 Å². The number of ether oxygens (including phenoxy) is 1. The van der Waals surface area contributed by atoms with Crippen molar-refractivity contribution >= 4 is 28.9 Å². The minimum absolute atomic E-state index is 0.136. The molecule has 166 valence electrons. The first-order chi connectivity index (χ1) is 15.5. The number of amidine groups is 1. The number of hydrogen-bond donors (Lipinski definition) is 4. The second-order valence-electron chi connectivity index (χ2n) is 8.20. The third-order valence-corrected chi connectivity index (χ3v) is 6.28. The van der Waals surface area contributed by atoms with Gasteiger partial charge in [-0.05, 0) is 43.0 Å². The quantitative estimate of drug-likeness (QED) is 0.521. The largest absolute Gasteiger partial charge is 0.486 e. The molecule has 3 heterocycles. The number of rotatable bonds is 5. The van der Waals surface area contributed by atoms with Gasteiger partial charge < -0.3 is 30.9 Å². The number of benzene rings is 1. The number of nitrogens with two attached hydrogens (primary N) is 1. The monoisotopic (exact) mass is 434 g/mol. The molecule has 6 atom stereocenters. The molecule has 0 fully saturated rings. The Morgan fingerprint density at radius 2 is 2.03 bits per heavy atom. The summed E-state index contributed by atoms with van der Waals surface area (Å²) < 4.78 is 6.13. The minimum Gasteiger partial charge on any atom is -0.486 e. The van der Waals surface area contributed by atoms with E-state index in [1.165, 1.54) is 6.34 Å². The molecular weight excluding hydrogens is 408 g/mol. The van der Waals surface area contributed by atoms with Gasteiger partial charge in [0.05, 0.1) is 17.5 Å². The van der Waals surface area contributed by atoms with Crippen molar-refractivity contribution in [1.29, 1.82) is 0 Å². The van der Waals surface area contributed by atoms with Crippen molar-refractivity contribution in [2.45, 2.75) is 37.4 Å². The highest BCUT2D eigenvalue weighted by Crippen LogP contribution is 2.35. The van der Waals surface area contributed by atoms with E-state index in [1.54, 1.807) is 0 Å². The van der Waals surface area contributed by atoms with Crippen LogP contribution < -0.4 is 15.8 Å². The number of aromatic nitrogens is 1. The number of aliphatic imine (C=N–C) groups is 2. The van der Waals surface area contributed by atoms with E-state index in [1.807, 2.05) is 67.6 Å². The van der Waals surface area contributed by atoms with Crippen molar-refractivity contribution < 1.29 is 14.9 Å². The van der Waals surface area contributed by atoms with Crippen molar-refractivity contribution in [1.82, 2.24) is 9.88 Å². The smallest absolute Gasteiger partial charge is 0.136 e. The Morgan fingerprint density at radius 1 is 1.22 bits per heavy atom. The second-order valence-corrected chi connectivity index (χ2v) is 8.20. The Morgan fingerprint density at radius 3 is 2.84 bits per heavy atom. The molecule has 1 aliphatic carbocycles. The summed E-state index contributed by atoms with van der Waals surface area (Å²) in [5.74, 6) is 1.77. The Hall–Kier alpha value is -3.43. The summed E-state index contributed by atoms with van der Waals surface area (Å²) in [4.78, 5) is 14.9. The van der Waals surface area contributed by atoms with Gasteiger partial charge in [-0.2, -0.15) is 0 Å². The third kappa shape index (κ3) is 3.39. The van der Waals surface area contributed by atoms with Crippen LogP contribution in [0.3, 0.4) is 0 Å². The van der Waals surface area contributed by atoms with Gasteiger partial charge in [-0.1, -0.05) is 12.2 Å². The van der Waals surface area contributed by atoms with Crippen molar-refractivity contribution in [3.63, 3.8) is 0 Å². The fraction of sp³-hybridized carbons (Fsp3) is 0.348. The van der Waals surface area contributed by atoms with E-state index in [9.17, 15) is 10.2 Å². The Balaban J connectivity index is 1.36. The average molecular weight is 435 g/mol. The van der Waals surface area contributed by atoms with Gasteiger partial charge in [0.2, 0.25) is 0 Å². The van der Waals surface area contributed by atoms with Crippen molar-refractivity contribution in [3.05, 3.63) is 54.3 Å². The van der Waals surface area contributed by atoms with Crippen LogP contribution in [0.5, 0.6) is 5.75 Å². The summed E-state index contributed by atoms with van der Waals surface area (Å²) in [7, 11) is 1.82. The van der Waals surface area contributed by atoms with Gasteiger partial charge in [0.25, 0.3) is 0 Å². The van der Waals surface area contributed by atoms with Gasteiger partial charge in [0.1, 0.15) is 48.2 Å². The molecular formula is C23H26N6O3. The van der Waals surface area contributed by atoms with Gasteiger partial charge >= 0.3 is 0 Å². The highest BCUT2D eigenvalue weighted by molar-refractivity contribution is 5.93. The molecule has 1 aromatic carbocycles. The lowest BCUT2D eigenvalue weighted by atomic mass is 10.0. The SMILES string of the molecule is CNc1ccc2ccc(OC(C)C3=C[C@@H](N4C=CC5C(N)=NC=NC54)[C@H](O)[C@@H]3O)cc2n1. The lowest BCUT2D eigenvalue weighted by molar-refractivity contribution is 0.00534. The molecule has 0 spiro atoms. The number of fused-ring (bicyclic) bond motifs is 2. The van der Waals surface area contributed by atoms with Crippen LogP contribution in [0, 0.1) is 5.92 Å². The first-order valence-corrected chi connectivity index (χ1v) is 10.6. The van der Waals surface area contributed by atoms with Crippen LogP contribution in [0.1, 0.15) is 6.92 Å². The molecule has 0 saturated heterocycles. The standard InChI is InChI=1S/C23H26N6O3/c1-12(32-14-5-3-13-4-6-19(25-2)28-17(13)9-14)16-10-18(21(31)20(16)30)29-8-7-15-22(24)26-11-27-23(15)29/h3-12,15,18,20-21,23,30-31H,1-2H3,(H,25,28)(H2,24,26,27)/t12?,15?,18-,20-,21+,23?/m1/s1. The third-order valence-electron chi connectivity index (χ3n) is 6.28. The molecule has 0 saturated carbocycles. The molecule has 2 aliphatic heterocycles. The zero-order chi connectivity index (χ0) is 22.4. The normalized spacial score (nSPS) is 29.6. The first-order valence-electron chi connectivity index (χ1n) is 10.6. The molecule has 5 rings (SSSR count). The first kappa shape index (κ1) is 20.5. The van der Waals surface area contributed by atoms with E-state index in [2.05, 4.69) is 20.3 Å². The van der Waals surface area contributed by atoms with Crippen LogP contribution in [0.2, 0.25) is 0 Å². The fourth-order valence-electron chi connectivity index (χ4n) is 4.51. The summed E-state index contributed by atoms with van der Waals surface area (Å²) >= 11 is 0. The summed E-state index contributed by atoms with van der Waals surface area (Å²) in [6.45, 7) is 1.86. The zero-order valence-electron chi connectivity index (χ0n) is 17.8. The molecule has 2 aromatic rings. The summed E-state index contributed by atoms with van der Waals surface area (Å²) in [5.41, 5.74) is 7.42. The van der Waals surface area contributed by atoms with Crippen molar-refractivity contribution in [2.24, 2.45) is 21.6 Å². The molecule has 3 aliphatic rings. The van der Waals surface area contributed by atoms with Crippen LogP contribution in [0.4, 0.5) is 5.82 Å². The average Bonchev–Trinajstić information content (AvgIpc) is 3.35. The maximum Gasteiger partial charge on any atom is 0.136 e. The Kier molecular flexibility index (Phi) is 5.07.